The SMILES string of the molecule is O=C(CCNS(=O)(=O)c1ccccc1C(F)(F)F)N(c1ccccc1)C1CCCc2cc(C=CC[C@@]3(C(=O)O)CCCN3)ccc21. The first-order valence-electron chi connectivity index (χ1n) is 15.2. The molecule has 1 unspecified atom stereocenters. The standard InChI is InChI=1S/C34H36F3N3O5S/c35-34(36,37)28-13-4-5-15-30(28)46(44,45)39-22-18-31(41)40(26-11-2-1-3-12-26)29-14-6-10-25-23-24(16-17-27(25)29)9-7-19-33(32(42)43)20-8-21-38-33/h1-5,7,9,11-13,15-17,23,29,38-39H,6,8,10,14,18-22H2,(H,42,43)/t29?,33-/m0/s1. The van der Waals surface area contributed by atoms with Gasteiger partial charge in [-0.25, -0.2) is 13.1 Å². The fourth-order valence-electron chi connectivity index (χ4n) is 6.34. The number of carbonyl (C=O) groups excluding carboxylic acids is 1. The number of nitrogens with zero attached hydrogens (tertiary/aromatic N) is 1. The van der Waals surface area contributed by atoms with Crippen LogP contribution in [0.5, 0.6) is 0 Å². The van der Waals surface area contributed by atoms with Gasteiger partial charge in [-0.2, -0.15) is 13.2 Å². The molecule has 3 aromatic rings. The fraction of sp³-hybridized carbons (Fsp3) is 0.353. The molecule has 1 fully saturated rings. The van der Waals surface area contributed by atoms with E-state index in [-0.39, 0.29) is 24.9 Å². The minimum Gasteiger partial charge on any atom is -0.480 e. The molecule has 1 amide bonds. The van der Waals surface area contributed by atoms with Gasteiger partial charge in [-0.1, -0.05) is 60.7 Å². The average molecular weight is 656 g/mol. The molecular weight excluding hydrogens is 619 g/mol. The van der Waals surface area contributed by atoms with Crippen molar-refractivity contribution in [3.05, 3.63) is 101 Å². The van der Waals surface area contributed by atoms with Gasteiger partial charge in [0.2, 0.25) is 15.9 Å². The molecule has 0 aromatic heterocycles. The molecular formula is C34H36F3N3O5S. The van der Waals surface area contributed by atoms with E-state index in [2.05, 4.69) is 10.0 Å². The predicted molar refractivity (Wildman–Crippen MR) is 169 cm³/mol. The van der Waals surface area contributed by atoms with E-state index >= 15 is 0 Å². The Labute approximate surface area is 266 Å². The highest BCUT2D eigenvalue weighted by Crippen LogP contribution is 2.38. The number of carboxylic acids is 1. The fourth-order valence-corrected chi connectivity index (χ4v) is 7.60. The van der Waals surface area contributed by atoms with Gasteiger partial charge in [0.25, 0.3) is 0 Å². The van der Waals surface area contributed by atoms with Gasteiger partial charge in [0.15, 0.2) is 0 Å². The minimum atomic E-state index is -4.86. The Morgan fingerprint density at radius 2 is 1.78 bits per heavy atom. The first-order valence-corrected chi connectivity index (χ1v) is 16.7. The molecule has 1 heterocycles. The number of fused-ring (bicyclic) bond motifs is 1. The molecule has 46 heavy (non-hydrogen) atoms. The summed E-state index contributed by atoms with van der Waals surface area (Å²) in [4.78, 5) is 26.4. The molecule has 1 aliphatic carbocycles. The van der Waals surface area contributed by atoms with Gasteiger partial charge in [0, 0.05) is 18.7 Å². The summed E-state index contributed by atoms with van der Waals surface area (Å²) in [7, 11) is -4.54. The number of aliphatic carboxylic acids is 1. The number of amides is 1. The monoisotopic (exact) mass is 655 g/mol. The number of sulfonamides is 1. The van der Waals surface area contributed by atoms with Crippen LogP contribution in [0, 0.1) is 0 Å². The third kappa shape index (κ3) is 7.35. The van der Waals surface area contributed by atoms with E-state index in [1.165, 1.54) is 6.07 Å². The summed E-state index contributed by atoms with van der Waals surface area (Å²) < 4.78 is 68.3. The van der Waals surface area contributed by atoms with Crippen LogP contribution in [-0.4, -0.2) is 44.0 Å². The van der Waals surface area contributed by atoms with E-state index in [9.17, 15) is 36.3 Å². The molecule has 0 bridgehead atoms. The molecule has 244 valence electrons. The Balaban J connectivity index is 1.33. The van der Waals surface area contributed by atoms with Gasteiger partial charge in [-0.3, -0.25) is 9.59 Å². The molecule has 0 spiro atoms. The van der Waals surface area contributed by atoms with Crippen molar-refractivity contribution >= 4 is 33.7 Å². The van der Waals surface area contributed by atoms with E-state index in [0.29, 0.717) is 37.6 Å². The molecule has 5 rings (SSSR count). The molecule has 0 radical (unpaired) electrons. The molecule has 0 saturated carbocycles. The third-order valence-corrected chi connectivity index (χ3v) is 10.1. The van der Waals surface area contributed by atoms with Crippen molar-refractivity contribution in [3.63, 3.8) is 0 Å². The number of anilines is 1. The summed E-state index contributed by atoms with van der Waals surface area (Å²) in [5, 5.41) is 12.8. The van der Waals surface area contributed by atoms with Crippen LogP contribution in [0.4, 0.5) is 18.9 Å². The number of benzene rings is 3. The zero-order valence-corrected chi connectivity index (χ0v) is 25.9. The number of hydrogen-bond donors (Lipinski definition) is 3. The zero-order chi connectivity index (χ0) is 33.0. The topological polar surface area (TPSA) is 116 Å². The molecule has 3 N–H and O–H groups in total. The lowest BCUT2D eigenvalue weighted by atomic mass is 9.85. The second-order valence-corrected chi connectivity index (χ2v) is 13.4. The van der Waals surface area contributed by atoms with Crippen molar-refractivity contribution in [2.24, 2.45) is 0 Å². The summed E-state index contributed by atoms with van der Waals surface area (Å²) in [5.74, 6) is -1.23. The van der Waals surface area contributed by atoms with Gasteiger partial charge in [0.05, 0.1) is 16.5 Å². The number of aryl methyl sites for hydroxylation is 1. The number of alkyl halides is 3. The summed E-state index contributed by atoms with van der Waals surface area (Å²) >= 11 is 0. The summed E-state index contributed by atoms with van der Waals surface area (Å²) in [5.41, 5.74) is 1.35. The second kappa shape index (κ2) is 13.8. The van der Waals surface area contributed by atoms with E-state index < -0.39 is 38.2 Å². The maximum absolute atomic E-state index is 13.8. The van der Waals surface area contributed by atoms with Gasteiger partial charge in [0.1, 0.15) is 5.54 Å². The number of rotatable bonds is 11. The second-order valence-electron chi connectivity index (χ2n) is 11.6. The Hall–Kier alpha value is -4.00. The number of hydrogen-bond acceptors (Lipinski definition) is 5. The average Bonchev–Trinajstić information content (AvgIpc) is 3.52. The van der Waals surface area contributed by atoms with Crippen LogP contribution in [-0.2, 0) is 32.2 Å². The van der Waals surface area contributed by atoms with Gasteiger partial charge < -0.3 is 15.3 Å². The smallest absolute Gasteiger partial charge is 0.417 e. The quantitative estimate of drug-likeness (QED) is 0.230. The number of carbonyl (C=O) groups is 2. The van der Waals surface area contributed by atoms with Crippen LogP contribution in [0.2, 0.25) is 0 Å². The number of para-hydroxylation sites is 1. The highest BCUT2D eigenvalue weighted by molar-refractivity contribution is 7.89. The summed E-state index contributed by atoms with van der Waals surface area (Å²) in [6, 6.07) is 18.6. The lowest BCUT2D eigenvalue weighted by Crippen LogP contribution is -2.47. The summed E-state index contributed by atoms with van der Waals surface area (Å²) in [6.45, 7) is 0.293. The maximum Gasteiger partial charge on any atom is 0.417 e. The van der Waals surface area contributed by atoms with Gasteiger partial charge in [-0.05, 0) is 86.0 Å². The van der Waals surface area contributed by atoms with Crippen molar-refractivity contribution < 1.29 is 36.3 Å². The molecule has 1 aliphatic heterocycles. The predicted octanol–water partition coefficient (Wildman–Crippen LogP) is 6.09. The number of halogens is 3. The van der Waals surface area contributed by atoms with Crippen LogP contribution in [0.3, 0.4) is 0 Å². The molecule has 1 saturated heterocycles. The number of carboxylic acid groups (broad SMARTS) is 1. The lowest BCUT2D eigenvalue weighted by molar-refractivity contribution is -0.144. The van der Waals surface area contributed by atoms with E-state index in [1.54, 1.807) is 29.2 Å². The maximum atomic E-state index is 13.8. The van der Waals surface area contributed by atoms with Crippen LogP contribution in [0.15, 0.2) is 83.8 Å². The Morgan fingerprint density at radius 3 is 2.48 bits per heavy atom. The zero-order valence-electron chi connectivity index (χ0n) is 25.1. The van der Waals surface area contributed by atoms with E-state index in [0.717, 1.165) is 48.1 Å². The Morgan fingerprint density at radius 1 is 1.04 bits per heavy atom. The van der Waals surface area contributed by atoms with Crippen LogP contribution in [0.1, 0.15) is 66.8 Å². The third-order valence-electron chi connectivity index (χ3n) is 8.61. The van der Waals surface area contributed by atoms with Crippen LogP contribution >= 0.6 is 0 Å². The highest BCUT2D eigenvalue weighted by Gasteiger charge is 2.40. The van der Waals surface area contributed by atoms with Crippen LogP contribution in [0.25, 0.3) is 6.08 Å². The molecule has 8 nitrogen and oxygen atoms in total. The van der Waals surface area contributed by atoms with Crippen molar-refractivity contribution in [1.82, 2.24) is 10.0 Å². The largest absolute Gasteiger partial charge is 0.480 e. The molecule has 2 aliphatic rings. The normalized spacial score (nSPS) is 20.0. The first-order chi connectivity index (χ1) is 21.9. The minimum absolute atomic E-state index is 0.270. The van der Waals surface area contributed by atoms with Crippen molar-refractivity contribution in [1.29, 1.82) is 0 Å². The highest BCUT2D eigenvalue weighted by atomic mass is 32.2. The van der Waals surface area contributed by atoms with Gasteiger partial charge in [-0.15, -0.1) is 0 Å². The van der Waals surface area contributed by atoms with E-state index in [4.69, 9.17) is 0 Å². The van der Waals surface area contributed by atoms with Gasteiger partial charge >= 0.3 is 12.1 Å². The van der Waals surface area contributed by atoms with Crippen LogP contribution < -0.4 is 14.9 Å². The Bertz CT molecular complexity index is 1700. The van der Waals surface area contributed by atoms with Crippen molar-refractivity contribution in [3.8, 4) is 0 Å². The van der Waals surface area contributed by atoms with Crippen molar-refractivity contribution in [2.75, 3.05) is 18.0 Å². The summed E-state index contributed by atoms with van der Waals surface area (Å²) in [6.07, 6.45) is 2.68. The van der Waals surface area contributed by atoms with E-state index in [1.807, 2.05) is 36.4 Å². The molecule has 12 heteroatoms. The first kappa shape index (κ1) is 33.4. The molecule has 3 aromatic carbocycles. The Kier molecular flexibility index (Phi) is 9.99. The number of nitrogens with one attached hydrogen (secondary N) is 2. The molecule has 2 atom stereocenters. The lowest BCUT2D eigenvalue weighted by Gasteiger charge is -2.36. The van der Waals surface area contributed by atoms with Crippen molar-refractivity contribution in [2.45, 2.75) is 67.6 Å².